The molecule has 90 valence electrons. The Labute approximate surface area is 102 Å². The second-order valence-electron chi connectivity index (χ2n) is 3.83. The summed E-state index contributed by atoms with van der Waals surface area (Å²) < 4.78 is 13.8. The van der Waals surface area contributed by atoms with Crippen LogP contribution in [0.15, 0.2) is 29.4 Å². The minimum atomic E-state index is -1.19. The van der Waals surface area contributed by atoms with Gasteiger partial charge in [-0.15, -0.1) is 0 Å². The third-order valence-corrected chi connectivity index (χ3v) is 3.86. The molecule has 0 spiro atoms. The van der Waals surface area contributed by atoms with Crippen molar-refractivity contribution in [1.29, 1.82) is 0 Å². The van der Waals surface area contributed by atoms with E-state index in [0.717, 1.165) is 5.56 Å². The molecule has 0 amide bonds. The first-order valence-electron chi connectivity index (χ1n) is 5.15. The summed E-state index contributed by atoms with van der Waals surface area (Å²) in [5.74, 6) is 1.01. The standard InChI is InChI=1S/C11H14N4OS/c1-8-3-4-10(9(12)5-8)17(16)6-11-13-7-14-15(11)2/h3-5,7H,6,12H2,1-2H3. The maximum absolute atomic E-state index is 12.1. The molecule has 17 heavy (non-hydrogen) atoms. The van der Waals surface area contributed by atoms with E-state index < -0.39 is 10.8 Å². The Hall–Kier alpha value is -1.69. The van der Waals surface area contributed by atoms with E-state index in [2.05, 4.69) is 10.1 Å². The van der Waals surface area contributed by atoms with Crippen molar-refractivity contribution in [2.24, 2.45) is 7.05 Å². The molecule has 0 aliphatic heterocycles. The molecule has 1 aromatic heterocycles. The maximum atomic E-state index is 12.1. The van der Waals surface area contributed by atoms with Crippen molar-refractivity contribution in [2.75, 3.05) is 5.73 Å². The van der Waals surface area contributed by atoms with Gasteiger partial charge in [-0.05, 0) is 24.6 Å². The zero-order chi connectivity index (χ0) is 12.4. The minimum Gasteiger partial charge on any atom is -0.398 e. The van der Waals surface area contributed by atoms with Gasteiger partial charge in [0.25, 0.3) is 0 Å². The highest BCUT2D eigenvalue weighted by molar-refractivity contribution is 7.84. The lowest BCUT2D eigenvalue weighted by atomic mass is 10.2. The van der Waals surface area contributed by atoms with Crippen LogP contribution in [0.2, 0.25) is 0 Å². The number of hydrogen-bond acceptors (Lipinski definition) is 4. The van der Waals surface area contributed by atoms with E-state index in [9.17, 15) is 4.21 Å². The van der Waals surface area contributed by atoms with Gasteiger partial charge in [0.1, 0.15) is 12.2 Å². The highest BCUT2D eigenvalue weighted by atomic mass is 32.2. The van der Waals surface area contributed by atoms with Crippen LogP contribution in [0.25, 0.3) is 0 Å². The molecule has 6 heteroatoms. The van der Waals surface area contributed by atoms with Gasteiger partial charge in [0.05, 0.1) is 21.4 Å². The number of aryl methyl sites for hydroxylation is 2. The average molecular weight is 250 g/mol. The number of nitrogens with zero attached hydrogens (tertiary/aromatic N) is 3. The Morgan fingerprint density at radius 2 is 2.24 bits per heavy atom. The van der Waals surface area contributed by atoms with Crippen molar-refractivity contribution in [2.45, 2.75) is 17.6 Å². The number of benzene rings is 1. The number of aromatic nitrogens is 3. The van der Waals surface area contributed by atoms with E-state index in [4.69, 9.17) is 5.73 Å². The fourth-order valence-electron chi connectivity index (χ4n) is 1.52. The van der Waals surface area contributed by atoms with Crippen LogP contribution >= 0.6 is 0 Å². The lowest BCUT2D eigenvalue weighted by Gasteiger charge is -2.06. The third kappa shape index (κ3) is 2.52. The molecule has 2 rings (SSSR count). The molecule has 1 unspecified atom stereocenters. The van der Waals surface area contributed by atoms with Crippen LogP contribution in [0.4, 0.5) is 5.69 Å². The van der Waals surface area contributed by atoms with Gasteiger partial charge in [-0.2, -0.15) is 5.10 Å². The van der Waals surface area contributed by atoms with Crippen molar-refractivity contribution in [3.05, 3.63) is 35.9 Å². The number of rotatable bonds is 3. The van der Waals surface area contributed by atoms with Crippen LogP contribution in [-0.4, -0.2) is 19.0 Å². The van der Waals surface area contributed by atoms with Crippen LogP contribution in [-0.2, 0) is 23.6 Å². The van der Waals surface area contributed by atoms with Crippen LogP contribution in [0.1, 0.15) is 11.4 Å². The molecular formula is C11H14N4OS. The minimum absolute atomic E-state index is 0.323. The third-order valence-electron chi connectivity index (χ3n) is 2.48. The van der Waals surface area contributed by atoms with Crippen molar-refractivity contribution in [1.82, 2.24) is 14.8 Å². The first-order chi connectivity index (χ1) is 8.08. The van der Waals surface area contributed by atoms with Crippen LogP contribution in [0, 0.1) is 6.92 Å². The average Bonchev–Trinajstić information content (AvgIpc) is 2.64. The predicted molar refractivity (Wildman–Crippen MR) is 66.7 cm³/mol. The molecule has 1 aromatic carbocycles. The summed E-state index contributed by atoms with van der Waals surface area (Å²) in [7, 11) is 0.585. The molecule has 2 aromatic rings. The van der Waals surface area contributed by atoms with Gasteiger partial charge in [0.15, 0.2) is 0 Å². The molecule has 0 saturated heterocycles. The molecule has 0 fully saturated rings. The second-order valence-corrected chi connectivity index (χ2v) is 5.25. The van der Waals surface area contributed by atoms with E-state index in [1.165, 1.54) is 6.33 Å². The van der Waals surface area contributed by atoms with Gasteiger partial charge in [-0.3, -0.25) is 8.89 Å². The molecule has 2 N–H and O–H groups in total. The monoisotopic (exact) mass is 250 g/mol. The summed E-state index contributed by atoms with van der Waals surface area (Å²) in [5.41, 5.74) is 7.47. The van der Waals surface area contributed by atoms with Crippen LogP contribution in [0.3, 0.4) is 0 Å². The van der Waals surface area contributed by atoms with Crippen LogP contribution < -0.4 is 5.73 Å². The fraction of sp³-hybridized carbons (Fsp3) is 0.273. The largest absolute Gasteiger partial charge is 0.398 e. The van der Waals surface area contributed by atoms with Crippen molar-refractivity contribution >= 4 is 16.5 Å². The summed E-state index contributed by atoms with van der Waals surface area (Å²) in [6.45, 7) is 1.95. The summed E-state index contributed by atoms with van der Waals surface area (Å²) >= 11 is 0. The zero-order valence-corrected chi connectivity index (χ0v) is 10.6. The lowest BCUT2D eigenvalue weighted by molar-refractivity contribution is 0.675. The van der Waals surface area contributed by atoms with Gasteiger partial charge in [0.2, 0.25) is 0 Å². The van der Waals surface area contributed by atoms with Gasteiger partial charge in [0, 0.05) is 12.7 Å². The Kier molecular flexibility index (Phi) is 3.23. The quantitative estimate of drug-likeness (QED) is 0.825. The van der Waals surface area contributed by atoms with E-state index in [-0.39, 0.29) is 0 Å². The molecule has 0 aliphatic carbocycles. The van der Waals surface area contributed by atoms with Gasteiger partial charge in [-0.1, -0.05) is 6.07 Å². The van der Waals surface area contributed by atoms with E-state index >= 15 is 0 Å². The van der Waals surface area contributed by atoms with Gasteiger partial charge >= 0.3 is 0 Å². The molecule has 1 atom stereocenters. The summed E-state index contributed by atoms with van der Waals surface area (Å²) in [4.78, 5) is 4.70. The lowest BCUT2D eigenvalue weighted by Crippen LogP contribution is -2.06. The van der Waals surface area contributed by atoms with E-state index in [1.807, 2.05) is 19.1 Å². The zero-order valence-electron chi connectivity index (χ0n) is 9.75. The second kappa shape index (κ2) is 4.67. The Balaban J connectivity index is 2.23. The highest BCUT2D eigenvalue weighted by Crippen LogP contribution is 2.19. The SMILES string of the molecule is Cc1ccc(S(=O)Cc2ncnn2C)c(N)c1. The van der Waals surface area contributed by atoms with Crippen molar-refractivity contribution in [3.63, 3.8) is 0 Å². The summed E-state index contributed by atoms with van der Waals surface area (Å²) in [6.07, 6.45) is 1.45. The van der Waals surface area contributed by atoms with Gasteiger partial charge < -0.3 is 5.73 Å². The normalized spacial score (nSPS) is 12.6. The number of nitrogen functional groups attached to an aromatic ring is 1. The fourth-order valence-corrected chi connectivity index (χ4v) is 2.71. The van der Waals surface area contributed by atoms with Crippen molar-refractivity contribution < 1.29 is 4.21 Å². The van der Waals surface area contributed by atoms with E-state index in [1.54, 1.807) is 17.8 Å². The molecule has 0 saturated carbocycles. The molecule has 5 nitrogen and oxygen atoms in total. The number of nitrogens with two attached hydrogens (primary N) is 1. The Bertz CT molecular complexity index is 564. The number of anilines is 1. The molecule has 0 radical (unpaired) electrons. The Morgan fingerprint density at radius 3 is 2.82 bits per heavy atom. The smallest absolute Gasteiger partial charge is 0.139 e. The first-order valence-corrected chi connectivity index (χ1v) is 6.47. The maximum Gasteiger partial charge on any atom is 0.139 e. The Morgan fingerprint density at radius 1 is 1.47 bits per heavy atom. The predicted octanol–water partition coefficient (Wildman–Crippen LogP) is 1.01. The number of hydrogen-bond donors (Lipinski definition) is 1. The van der Waals surface area contributed by atoms with E-state index in [0.29, 0.717) is 22.2 Å². The molecule has 0 bridgehead atoms. The highest BCUT2D eigenvalue weighted by Gasteiger charge is 2.11. The van der Waals surface area contributed by atoms with Crippen molar-refractivity contribution in [3.8, 4) is 0 Å². The summed E-state index contributed by atoms with van der Waals surface area (Å²) in [5, 5.41) is 3.94. The summed E-state index contributed by atoms with van der Waals surface area (Å²) in [6, 6.07) is 5.53. The molecule has 1 heterocycles. The molecular weight excluding hydrogens is 236 g/mol. The topological polar surface area (TPSA) is 73.8 Å². The van der Waals surface area contributed by atoms with Crippen LogP contribution in [0.5, 0.6) is 0 Å². The molecule has 0 aliphatic rings. The van der Waals surface area contributed by atoms with Gasteiger partial charge in [-0.25, -0.2) is 4.98 Å². The first kappa shape index (κ1) is 11.8.